The van der Waals surface area contributed by atoms with Gasteiger partial charge in [0.25, 0.3) is 0 Å². The molecule has 5 heteroatoms. The van der Waals surface area contributed by atoms with Crippen molar-refractivity contribution in [2.24, 2.45) is 14.1 Å². The standard InChI is InChI=1S/C23H19N2O2.ClH/c1-24-15-25(2)23-21(19-9-5-17(14-27)6-10-19)12-11-20(22(23)24)18-7-3-16(13-26)4-8-18;/h3-15H,1-2H3;1H/q+1;/p-1. The first-order chi connectivity index (χ1) is 13.1. The highest BCUT2D eigenvalue weighted by Gasteiger charge is 2.20. The van der Waals surface area contributed by atoms with Gasteiger partial charge in [0.15, 0.2) is 11.0 Å². The molecule has 0 amide bonds. The van der Waals surface area contributed by atoms with Crippen LogP contribution in [0, 0.1) is 0 Å². The van der Waals surface area contributed by atoms with Crippen LogP contribution in [0.1, 0.15) is 20.7 Å². The van der Waals surface area contributed by atoms with Crippen molar-refractivity contribution in [1.29, 1.82) is 0 Å². The van der Waals surface area contributed by atoms with Gasteiger partial charge in [0, 0.05) is 22.3 Å². The number of rotatable bonds is 4. The summed E-state index contributed by atoms with van der Waals surface area (Å²) in [6.07, 6.45) is 3.76. The molecule has 0 saturated carbocycles. The molecule has 4 nitrogen and oxygen atoms in total. The molecule has 140 valence electrons. The number of aldehydes is 2. The van der Waals surface area contributed by atoms with E-state index in [2.05, 4.69) is 27.6 Å². The Morgan fingerprint density at radius 1 is 0.750 bits per heavy atom. The van der Waals surface area contributed by atoms with Crippen LogP contribution in [-0.2, 0) is 14.1 Å². The molecule has 0 spiro atoms. The Hall–Kier alpha value is -3.24. The van der Waals surface area contributed by atoms with Gasteiger partial charge in [-0.25, -0.2) is 9.13 Å². The van der Waals surface area contributed by atoms with Gasteiger partial charge in [-0.2, -0.15) is 0 Å². The van der Waals surface area contributed by atoms with E-state index < -0.39 is 0 Å². The molecule has 0 N–H and O–H groups in total. The maximum atomic E-state index is 10.9. The summed E-state index contributed by atoms with van der Waals surface area (Å²) in [4.78, 5) is 21.9. The van der Waals surface area contributed by atoms with Crippen molar-refractivity contribution in [2.75, 3.05) is 0 Å². The maximum absolute atomic E-state index is 10.9. The lowest BCUT2D eigenvalue weighted by molar-refractivity contribution is -0.645. The number of aryl methyl sites for hydroxylation is 2. The van der Waals surface area contributed by atoms with Gasteiger partial charge in [0.1, 0.15) is 12.6 Å². The van der Waals surface area contributed by atoms with Crippen LogP contribution in [0.15, 0.2) is 67.0 Å². The highest BCUT2D eigenvalue weighted by atomic mass is 35.5. The number of hydrogen-bond donors (Lipinski definition) is 0. The molecule has 4 aromatic rings. The normalized spacial score (nSPS) is 10.5. The molecule has 28 heavy (non-hydrogen) atoms. The van der Waals surface area contributed by atoms with Crippen molar-refractivity contribution >= 4 is 23.6 Å². The van der Waals surface area contributed by atoms with Crippen LogP contribution in [-0.4, -0.2) is 17.1 Å². The predicted molar refractivity (Wildman–Crippen MR) is 106 cm³/mol. The van der Waals surface area contributed by atoms with E-state index in [1.165, 1.54) is 0 Å². The molecule has 3 aromatic carbocycles. The Morgan fingerprint density at radius 2 is 1.21 bits per heavy atom. The third-order valence-electron chi connectivity index (χ3n) is 4.92. The van der Waals surface area contributed by atoms with E-state index in [0.29, 0.717) is 11.1 Å². The lowest BCUT2D eigenvalue weighted by Crippen LogP contribution is -3.00. The summed E-state index contributed by atoms with van der Waals surface area (Å²) >= 11 is 0. The zero-order valence-electron chi connectivity index (χ0n) is 15.6. The number of fused-ring (bicyclic) bond motifs is 1. The van der Waals surface area contributed by atoms with Gasteiger partial charge in [0.05, 0.1) is 14.1 Å². The second-order valence-electron chi connectivity index (χ2n) is 6.67. The number of imidazole rings is 1. The fourth-order valence-electron chi connectivity index (χ4n) is 3.62. The fraction of sp³-hybridized carbons (Fsp3) is 0.0870. The van der Waals surface area contributed by atoms with E-state index in [4.69, 9.17) is 0 Å². The fourth-order valence-corrected chi connectivity index (χ4v) is 3.62. The number of halogens is 1. The molecule has 0 saturated heterocycles. The number of benzene rings is 3. The van der Waals surface area contributed by atoms with Crippen LogP contribution in [0.4, 0.5) is 0 Å². The molecule has 1 aromatic heterocycles. The average Bonchev–Trinajstić information content (AvgIpc) is 3.02. The van der Waals surface area contributed by atoms with Crippen molar-refractivity contribution in [2.45, 2.75) is 0 Å². The van der Waals surface area contributed by atoms with Gasteiger partial charge in [-0.05, 0) is 23.3 Å². The van der Waals surface area contributed by atoms with Gasteiger partial charge in [0.2, 0.25) is 6.33 Å². The molecule has 4 rings (SSSR count). The maximum Gasteiger partial charge on any atom is 0.244 e. The Bertz CT molecular complexity index is 1070. The SMILES string of the molecule is Cn1c[n+](C)c2c(-c3ccc(C=O)cc3)ccc(-c3ccc(C=O)cc3)c21.[Cl-]. The van der Waals surface area contributed by atoms with Gasteiger partial charge in [-0.3, -0.25) is 9.59 Å². The van der Waals surface area contributed by atoms with E-state index >= 15 is 0 Å². The molecule has 0 fully saturated rings. The average molecular weight is 391 g/mol. The minimum Gasteiger partial charge on any atom is -1.00 e. The van der Waals surface area contributed by atoms with Crippen molar-refractivity contribution in [3.63, 3.8) is 0 Å². The molecular formula is C23H19ClN2O2. The van der Waals surface area contributed by atoms with Crippen LogP contribution < -0.4 is 17.0 Å². The number of aromatic nitrogens is 2. The smallest absolute Gasteiger partial charge is 0.244 e. The molecule has 0 bridgehead atoms. The second-order valence-corrected chi connectivity index (χ2v) is 6.67. The van der Waals surface area contributed by atoms with E-state index in [0.717, 1.165) is 45.9 Å². The number of carbonyl (C=O) groups is 2. The van der Waals surface area contributed by atoms with Crippen LogP contribution in [0.2, 0.25) is 0 Å². The van der Waals surface area contributed by atoms with Crippen LogP contribution >= 0.6 is 0 Å². The van der Waals surface area contributed by atoms with Crippen molar-refractivity contribution in [3.05, 3.63) is 78.1 Å². The topological polar surface area (TPSA) is 43.0 Å². The highest BCUT2D eigenvalue weighted by Crippen LogP contribution is 2.34. The van der Waals surface area contributed by atoms with Crippen molar-refractivity contribution in [3.8, 4) is 22.3 Å². The van der Waals surface area contributed by atoms with Crippen LogP contribution in [0.5, 0.6) is 0 Å². The van der Waals surface area contributed by atoms with E-state index in [9.17, 15) is 9.59 Å². The minimum absolute atomic E-state index is 0. The van der Waals surface area contributed by atoms with E-state index in [1.54, 1.807) is 0 Å². The third-order valence-corrected chi connectivity index (χ3v) is 4.92. The lowest BCUT2D eigenvalue weighted by atomic mass is 9.96. The number of nitrogens with zero attached hydrogens (tertiary/aromatic N) is 2. The Labute approximate surface area is 169 Å². The van der Waals surface area contributed by atoms with Crippen LogP contribution in [0.25, 0.3) is 33.3 Å². The molecule has 0 unspecified atom stereocenters. The Kier molecular flexibility index (Phi) is 5.43. The van der Waals surface area contributed by atoms with Crippen molar-refractivity contribution in [1.82, 2.24) is 4.57 Å². The zero-order valence-corrected chi connectivity index (χ0v) is 16.4. The first-order valence-electron chi connectivity index (χ1n) is 8.71. The first-order valence-corrected chi connectivity index (χ1v) is 8.71. The zero-order chi connectivity index (χ0) is 19.0. The summed E-state index contributed by atoms with van der Waals surface area (Å²) in [5, 5.41) is 0. The number of carbonyl (C=O) groups excluding carboxylic acids is 2. The summed E-state index contributed by atoms with van der Waals surface area (Å²) in [6.45, 7) is 0. The van der Waals surface area contributed by atoms with Gasteiger partial charge >= 0.3 is 0 Å². The van der Waals surface area contributed by atoms with Crippen molar-refractivity contribution < 1.29 is 26.6 Å². The summed E-state index contributed by atoms with van der Waals surface area (Å²) in [6, 6.07) is 19.5. The summed E-state index contributed by atoms with van der Waals surface area (Å²) in [5.74, 6) is 0. The molecule has 1 heterocycles. The monoisotopic (exact) mass is 390 g/mol. The second kappa shape index (κ2) is 7.79. The summed E-state index contributed by atoms with van der Waals surface area (Å²) in [7, 11) is 4.07. The van der Waals surface area contributed by atoms with E-state index in [-0.39, 0.29) is 12.4 Å². The Balaban J connectivity index is 0.00000225. The largest absolute Gasteiger partial charge is 1.00 e. The molecule has 0 atom stereocenters. The molecular weight excluding hydrogens is 372 g/mol. The van der Waals surface area contributed by atoms with Crippen LogP contribution in [0.3, 0.4) is 0 Å². The van der Waals surface area contributed by atoms with Gasteiger partial charge < -0.3 is 12.4 Å². The molecule has 0 aliphatic carbocycles. The first kappa shape index (κ1) is 19.5. The summed E-state index contributed by atoms with van der Waals surface area (Å²) in [5.41, 5.74) is 7.92. The Morgan fingerprint density at radius 3 is 1.71 bits per heavy atom. The predicted octanol–water partition coefficient (Wildman–Crippen LogP) is 0.966. The highest BCUT2D eigenvalue weighted by molar-refractivity contribution is 5.99. The van der Waals surface area contributed by atoms with E-state index in [1.807, 2.05) is 62.6 Å². The molecule has 0 radical (unpaired) electrons. The van der Waals surface area contributed by atoms with Gasteiger partial charge in [-0.1, -0.05) is 48.5 Å². The minimum atomic E-state index is 0. The lowest BCUT2D eigenvalue weighted by Gasteiger charge is -2.08. The van der Waals surface area contributed by atoms with Gasteiger partial charge in [-0.15, -0.1) is 0 Å². The third kappa shape index (κ3) is 3.23. The quantitative estimate of drug-likeness (QED) is 0.385. The number of hydrogen-bond acceptors (Lipinski definition) is 2. The summed E-state index contributed by atoms with van der Waals surface area (Å²) < 4.78 is 4.23. The molecule has 0 aliphatic heterocycles. The molecule has 0 aliphatic rings.